The maximum Gasteiger partial charge on any atom is 0.407 e. The van der Waals surface area contributed by atoms with Crippen molar-refractivity contribution in [3.63, 3.8) is 0 Å². The summed E-state index contributed by atoms with van der Waals surface area (Å²) in [5.74, 6) is -1.72. The molecule has 0 heterocycles. The lowest BCUT2D eigenvalue weighted by Crippen LogP contribution is -2.42. The molecular weight excluding hydrogens is 278 g/mol. The number of rotatable bonds is 6. The second-order valence-corrected chi connectivity index (χ2v) is 5.05. The summed E-state index contributed by atoms with van der Waals surface area (Å²) < 4.78 is 4.86. The molecule has 0 radical (unpaired) electrons. The van der Waals surface area contributed by atoms with Crippen LogP contribution in [0.5, 0.6) is 11.5 Å². The monoisotopic (exact) mass is 297 g/mol. The molecule has 1 rings (SSSR count). The molecule has 4 N–H and O–H groups in total. The average Bonchev–Trinajstić information content (AvgIpc) is 2.39. The minimum absolute atomic E-state index is 0.0417. The van der Waals surface area contributed by atoms with Crippen molar-refractivity contribution in [2.24, 2.45) is 5.92 Å². The van der Waals surface area contributed by atoms with E-state index in [0.717, 1.165) is 0 Å². The van der Waals surface area contributed by atoms with Crippen LogP contribution in [0.4, 0.5) is 4.79 Å². The number of amides is 1. The van der Waals surface area contributed by atoms with E-state index in [0.29, 0.717) is 5.56 Å². The first-order valence-corrected chi connectivity index (χ1v) is 6.46. The summed E-state index contributed by atoms with van der Waals surface area (Å²) >= 11 is 0. The molecule has 1 aromatic rings. The molecule has 7 nitrogen and oxygen atoms in total. The summed E-state index contributed by atoms with van der Waals surface area (Å²) in [4.78, 5) is 22.6. The third kappa shape index (κ3) is 5.60. The average molecular weight is 297 g/mol. The molecule has 1 aromatic carbocycles. The minimum atomic E-state index is -1.22. The normalized spacial score (nSPS) is 12.0. The summed E-state index contributed by atoms with van der Waals surface area (Å²) in [7, 11) is 0. The Hall–Kier alpha value is -2.44. The Labute approximate surface area is 122 Å². The van der Waals surface area contributed by atoms with Gasteiger partial charge < -0.3 is 25.4 Å². The van der Waals surface area contributed by atoms with Crippen LogP contribution in [0.15, 0.2) is 18.2 Å². The number of carbonyl (C=O) groups is 2. The van der Waals surface area contributed by atoms with E-state index in [4.69, 9.17) is 9.84 Å². The van der Waals surface area contributed by atoms with Crippen molar-refractivity contribution >= 4 is 12.1 Å². The molecule has 1 atom stereocenters. The number of carboxylic acid groups (broad SMARTS) is 1. The molecule has 0 saturated heterocycles. The zero-order valence-electron chi connectivity index (χ0n) is 11.9. The lowest BCUT2D eigenvalue weighted by molar-refractivity contribution is -0.139. The van der Waals surface area contributed by atoms with Gasteiger partial charge in [-0.3, -0.25) is 0 Å². The Bertz CT molecular complexity index is 514. The van der Waals surface area contributed by atoms with E-state index >= 15 is 0 Å². The predicted molar refractivity (Wildman–Crippen MR) is 74.2 cm³/mol. The fourth-order valence-corrected chi connectivity index (χ4v) is 1.56. The highest BCUT2D eigenvalue weighted by Crippen LogP contribution is 2.25. The fourth-order valence-electron chi connectivity index (χ4n) is 1.56. The Morgan fingerprint density at radius 2 is 1.90 bits per heavy atom. The van der Waals surface area contributed by atoms with Gasteiger partial charge in [-0.2, -0.15) is 0 Å². The zero-order chi connectivity index (χ0) is 16.0. The Morgan fingerprint density at radius 3 is 2.43 bits per heavy atom. The zero-order valence-corrected chi connectivity index (χ0v) is 11.9. The third-order valence-corrected chi connectivity index (χ3v) is 2.62. The standard InChI is InChI=1S/C14H19NO6/c1-8(2)7-21-14(20)15-10(13(18)19)5-9-3-4-11(16)12(17)6-9/h3-4,6,8,10,16-17H,5,7H2,1-2H3,(H,15,20)(H,18,19). The highest BCUT2D eigenvalue weighted by molar-refractivity contribution is 5.80. The lowest BCUT2D eigenvalue weighted by Gasteiger charge is -2.15. The van der Waals surface area contributed by atoms with E-state index < -0.39 is 18.1 Å². The summed E-state index contributed by atoms with van der Waals surface area (Å²) in [6.07, 6.45) is -0.848. The second kappa shape index (κ2) is 7.37. The van der Waals surface area contributed by atoms with Gasteiger partial charge in [-0.25, -0.2) is 9.59 Å². The topological polar surface area (TPSA) is 116 Å². The SMILES string of the molecule is CC(C)COC(=O)NC(Cc1ccc(O)c(O)c1)C(=O)O. The van der Waals surface area contributed by atoms with Crippen LogP contribution in [0.3, 0.4) is 0 Å². The van der Waals surface area contributed by atoms with Gasteiger partial charge in [0.15, 0.2) is 11.5 Å². The Morgan fingerprint density at radius 1 is 1.24 bits per heavy atom. The van der Waals surface area contributed by atoms with Crippen molar-refractivity contribution in [1.82, 2.24) is 5.32 Å². The maximum atomic E-state index is 11.5. The molecule has 7 heteroatoms. The molecular formula is C14H19NO6. The van der Waals surface area contributed by atoms with Crippen LogP contribution in [0.2, 0.25) is 0 Å². The number of carboxylic acids is 1. The van der Waals surface area contributed by atoms with E-state index in [1.165, 1.54) is 18.2 Å². The van der Waals surface area contributed by atoms with Gasteiger partial charge in [-0.1, -0.05) is 19.9 Å². The van der Waals surface area contributed by atoms with Gasteiger partial charge in [0.05, 0.1) is 6.61 Å². The number of aromatic hydroxyl groups is 2. The fraction of sp³-hybridized carbons (Fsp3) is 0.429. The molecule has 0 aromatic heterocycles. The number of hydrogen-bond donors (Lipinski definition) is 4. The van der Waals surface area contributed by atoms with Crippen molar-refractivity contribution < 1.29 is 29.6 Å². The smallest absolute Gasteiger partial charge is 0.407 e. The van der Waals surface area contributed by atoms with Crippen molar-refractivity contribution in [2.75, 3.05) is 6.61 Å². The van der Waals surface area contributed by atoms with Crippen LogP contribution in [0.1, 0.15) is 19.4 Å². The summed E-state index contributed by atoms with van der Waals surface area (Å²) in [5, 5.41) is 29.9. The summed E-state index contributed by atoms with van der Waals surface area (Å²) in [5.41, 5.74) is 0.460. The maximum absolute atomic E-state index is 11.5. The molecule has 0 fully saturated rings. The molecule has 0 aliphatic carbocycles. The van der Waals surface area contributed by atoms with E-state index in [1.54, 1.807) is 0 Å². The van der Waals surface area contributed by atoms with Gasteiger partial charge in [0.25, 0.3) is 0 Å². The van der Waals surface area contributed by atoms with Gasteiger partial charge in [0, 0.05) is 6.42 Å². The van der Waals surface area contributed by atoms with Crippen LogP contribution in [0.25, 0.3) is 0 Å². The van der Waals surface area contributed by atoms with Gasteiger partial charge in [0.2, 0.25) is 0 Å². The van der Waals surface area contributed by atoms with Crippen LogP contribution in [-0.2, 0) is 16.0 Å². The predicted octanol–water partition coefficient (Wildman–Crippen LogP) is 1.48. The molecule has 0 saturated carbocycles. The number of ether oxygens (including phenoxy) is 1. The lowest BCUT2D eigenvalue weighted by atomic mass is 10.1. The summed E-state index contributed by atoms with van der Waals surface area (Å²) in [6, 6.07) is 2.77. The van der Waals surface area contributed by atoms with Crippen molar-refractivity contribution in [2.45, 2.75) is 26.3 Å². The molecule has 116 valence electrons. The van der Waals surface area contributed by atoms with Crippen LogP contribution in [0, 0.1) is 5.92 Å². The number of alkyl carbamates (subject to hydrolysis) is 1. The molecule has 0 bridgehead atoms. The first-order valence-electron chi connectivity index (χ1n) is 6.46. The largest absolute Gasteiger partial charge is 0.504 e. The van der Waals surface area contributed by atoms with E-state index in [9.17, 15) is 19.8 Å². The van der Waals surface area contributed by atoms with Gasteiger partial charge in [0.1, 0.15) is 6.04 Å². The van der Waals surface area contributed by atoms with Gasteiger partial charge >= 0.3 is 12.1 Å². The number of nitrogens with one attached hydrogen (secondary N) is 1. The first kappa shape index (κ1) is 16.6. The Kier molecular flexibility index (Phi) is 5.83. The third-order valence-electron chi connectivity index (χ3n) is 2.62. The number of aliphatic carboxylic acids is 1. The summed E-state index contributed by atoms with van der Waals surface area (Å²) in [6.45, 7) is 3.92. The van der Waals surface area contributed by atoms with Crippen molar-refractivity contribution in [3.05, 3.63) is 23.8 Å². The van der Waals surface area contributed by atoms with E-state index in [1.807, 2.05) is 13.8 Å². The second-order valence-electron chi connectivity index (χ2n) is 5.05. The molecule has 1 unspecified atom stereocenters. The quantitative estimate of drug-likeness (QED) is 0.591. The van der Waals surface area contributed by atoms with Crippen molar-refractivity contribution in [1.29, 1.82) is 0 Å². The molecule has 1 amide bonds. The van der Waals surface area contributed by atoms with Crippen molar-refractivity contribution in [3.8, 4) is 11.5 Å². The van der Waals surface area contributed by atoms with E-state index in [-0.39, 0.29) is 30.4 Å². The highest BCUT2D eigenvalue weighted by atomic mass is 16.5. The Balaban J connectivity index is 2.67. The first-order chi connectivity index (χ1) is 9.79. The van der Waals surface area contributed by atoms with Crippen LogP contribution < -0.4 is 5.32 Å². The van der Waals surface area contributed by atoms with Crippen LogP contribution >= 0.6 is 0 Å². The number of phenolic OH excluding ortho intramolecular Hbond substituents is 2. The number of carbonyl (C=O) groups excluding carboxylic acids is 1. The molecule has 0 aliphatic rings. The number of phenols is 2. The number of benzene rings is 1. The van der Waals surface area contributed by atoms with E-state index in [2.05, 4.69) is 5.32 Å². The van der Waals surface area contributed by atoms with Crippen LogP contribution in [-0.4, -0.2) is 40.0 Å². The number of hydrogen-bond acceptors (Lipinski definition) is 5. The molecule has 21 heavy (non-hydrogen) atoms. The molecule has 0 spiro atoms. The van der Waals surface area contributed by atoms with Gasteiger partial charge in [-0.15, -0.1) is 0 Å². The van der Waals surface area contributed by atoms with Gasteiger partial charge in [-0.05, 0) is 23.6 Å². The minimum Gasteiger partial charge on any atom is -0.504 e. The molecule has 0 aliphatic heterocycles. The highest BCUT2D eigenvalue weighted by Gasteiger charge is 2.21.